The van der Waals surface area contributed by atoms with Crippen molar-refractivity contribution in [3.05, 3.63) is 0 Å². The molecule has 82 valence electrons. The van der Waals surface area contributed by atoms with Crippen LogP contribution in [0.25, 0.3) is 0 Å². The summed E-state index contributed by atoms with van der Waals surface area (Å²) in [5.74, 6) is 5.07. The molecular weight excluding hydrogens is 180 g/mol. The molecule has 1 saturated heterocycles. The maximum Gasteiger partial charge on any atom is 0.251 e. The highest BCUT2D eigenvalue weighted by Gasteiger charge is 2.25. The molecule has 1 atom stereocenters. The van der Waals surface area contributed by atoms with E-state index in [9.17, 15) is 4.79 Å². The van der Waals surface area contributed by atoms with E-state index in [-0.39, 0.29) is 11.9 Å². The van der Waals surface area contributed by atoms with Crippen LogP contribution in [0.15, 0.2) is 0 Å². The summed E-state index contributed by atoms with van der Waals surface area (Å²) in [5.41, 5.74) is 2.23. The van der Waals surface area contributed by atoms with E-state index in [1.54, 1.807) is 0 Å². The SMILES string of the molecule is CC[C@@H](C(=O)NN)N1CCN(C)CC1. The number of carbonyl (C=O) groups is 1. The number of carbonyl (C=O) groups excluding carboxylic acids is 1. The molecule has 1 heterocycles. The van der Waals surface area contributed by atoms with Crippen molar-refractivity contribution >= 4 is 5.91 Å². The van der Waals surface area contributed by atoms with E-state index in [1.165, 1.54) is 0 Å². The van der Waals surface area contributed by atoms with Gasteiger partial charge in [-0.1, -0.05) is 6.92 Å². The van der Waals surface area contributed by atoms with Crippen LogP contribution in [0.3, 0.4) is 0 Å². The molecule has 0 aromatic carbocycles. The van der Waals surface area contributed by atoms with Crippen LogP contribution >= 0.6 is 0 Å². The second-order valence-corrected chi connectivity index (χ2v) is 3.77. The summed E-state index contributed by atoms with van der Waals surface area (Å²) >= 11 is 0. The van der Waals surface area contributed by atoms with Crippen LogP contribution in [0.5, 0.6) is 0 Å². The fourth-order valence-electron chi connectivity index (χ4n) is 1.84. The Morgan fingerprint density at radius 1 is 1.43 bits per heavy atom. The van der Waals surface area contributed by atoms with Crippen LogP contribution in [0.2, 0.25) is 0 Å². The zero-order chi connectivity index (χ0) is 10.6. The number of nitrogens with one attached hydrogen (secondary N) is 1. The van der Waals surface area contributed by atoms with Crippen molar-refractivity contribution in [1.29, 1.82) is 0 Å². The van der Waals surface area contributed by atoms with Gasteiger partial charge in [0.2, 0.25) is 0 Å². The molecule has 1 aliphatic heterocycles. The molecule has 0 aromatic rings. The number of piperazine rings is 1. The number of amides is 1. The standard InChI is InChI=1S/C9H20N4O/c1-3-8(9(14)11-10)13-6-4-12(2)5-7-13/h8H,3-7,10H2,1-2H3,(H,11,14)/t8-/m0/s1. The Morgan fingerprint density at radius 3 is 2.43 bits per heavy atom. The van der Waals surface area contributed by atoms with Crippen LogP contribution in [0.1, 0.15) is 13.3 Å². The Labute approximate surface area is 85.2 Å². The van der Waals surface area contributed by atoms with Gasteiger partial charge in [0.05, 0.1) is 6.04 Å². The van der Waals surface area contributed by atoms with Gasteiger partial charge in [-0.05, 0) is 13.5 Å². The smallest absolute Gasteiger partial charge is 0.251 e. The molecule has 0 saturated carbocycles. The second-order valence-electron chi connectivity index (χ2n) is 3.77. The number of nitrogens with zero attached hydrogens (tertiary/aromatic N) is 2. The second kappa shape index (κ2) is 5.29. The lowest BCUT2D eigenvalue weighted by Gasteiger charge is -2.36. The van der Waals surface area contributed by atoms with Gasteiger partial charge in [-0.25, -0.2) is 5.84 Å². The number of likely N-dealkylation sites (N-methyl/N-ethyl adjacent to an activating group) is 1. The third-order valence-corrected chi connectivity index (χ3v) is 2.81. The van der Waals surface area contributed by atoms with Crippen LogP contribution < -0.4 is 11.3 Å². The zero-order valence-corrected chi connectivity index (χ0v) is 8.99. The monoisotopic (exact) mass is 200 g/mol. The first-order valence-corrected chi connectivity index (χ1v) is 5.12. The highest BCUT2D eigenvalue weighted by Crippen LogP contribution is 2.08. The number of hydrazine groups is 1. The van der Waals surface area contributed by atoms with Gasteiger partial charge < -0.3 is 4.90 Å². The summed E-state index contributed by atoms with van der Waals surface area (Å²) in [5, 5.41) is 0. The zero-order valence-electron chi connectivity index (χ0n) is 8.99. The Balaban J connectivity index is 2.48. The van der Waals surface area contributed by atoms with Crippen molar-refractivity contribution in [3.63, 3.8) is 0 Å². The maximum atomic E-state index is 11.4. The van der Waals surface area contributed by atoms with E-state index in [4.69, 9.17) is 5.84 Å². The predicted octanol–water partition coefficient (Wildman–Crippen LogP) is -0.998. The number of hydrogen-bond donors (Lipinski definition) is 2. The van der Waals surface area contributed by atoms with Crippen molar-refractivity contribution in [2.45, 2.75) is 19.4 Å². The molecule has 14 heavy (non-hydrogen) atoms. The highest BCUT2D eigenvalue weighted by atomic mass is 16.2. The van der Waals surface area contributed by atoms with Crippen molar-refractivity contribution in [2.75, 3.05) is 33.2 Å². The number of nitrogens with two attached hydrogens (primary N) is 1. The van der Waals surface area contributed by atoms with Crippen molar-refractivity contribution < 1.29 is 4.79 Å². The lowest BCUT2D eigenvalue weighted by molar-refractivity contribution is -0.127. The Bertz CT molecular complexity index is 189. The summed E-state index contributed by atoms with van der Waals surface area (Å²) in [4.78, 5) is 15.9. The van der Waals surface area contributed by atoms with Crippen LogP contribution in [-0.4, -0.2) is 55.0 Å². The first-order chi connectivity index (χ1) is 6.69. The molecule has 0 spiro atoms. The largest absolute Gasteiger partial charge is 0.304 e. The van der Waals surface area contributed by atoms with Gasteiger partial charge in [0.15, 0.2) is 0 Å². The van der Waals surface area contributed by atoms with Crippen molar-refractivity contribution in [1.82, 2.24) is 15.2 Å². The average Bonchev–Trinajstić information content (AvgIpc) is 2.21. The van der Waals surface area contributed by atoms with E-state index in [0.29, 0.717) is 0 Å². The minimum absolute atomic E-state index is 0.0614. The molecule has 0 unspecified atom stereocenters. The Hall–Kier alpha value is -0.650. The van der Waals surface area contributed by atoms with Crippen LogP contribution in [-0.2, 0) is 4.79 Å². The summed E-state index contributed by atoms with van der Waals surface area (Å²) in [7, 11) is 2.10. The van der Waals surface area contributed by atoms with Gasteiger partial charge in [-0.2, -0.15) is 0 Å². The summed E-state index contributed by atoms with van der Waals surface area (Å²) in [6.45, 7) is 5.95. The van der Waals surface area contributed by atoms with E-state index in [2.05, 4.69) is 22.3 Å². The molecule has 1 fully saturated rings. The lowest BCUT2D eigenvalue weighted by Crippen LogP contribution is -2.54. The maximum absolute atomic E-state index is 11.4. The third-order valence-electron chi connectivity index (χ3n) is 2.81. The first kappa shape index (κ1) is 11.4. The molecule has 0 bridgehead atoms. The van der Waals surface area contributed by atoms with Gasteiger partial charge >= 0.3 is 0 Å². The van der Waals surface area contributed by atoms with Gasteiger partial charge in [-0.15, -0.1) is 0 Å². The summed E-state index contributed by atoms with van der Waals surface area (Å²) in [6, 6.07) is -0.0614. The minimum Gasteiger partial charge on any atom is -0.304 e. The van der Waals surface area contributed by atoms with Gasteiger partial charge in [0.25, 0.3) is 5.91 Å². The quantitative estimate of drug-likeness (QED) is 0.348. The third kappa shape index (κ3) is 2.67. The molecule has 3 N–H and O–H groups in total. The fraction of sp³-hybridized carbons (Fsp3) is 0.889. The summed E-state index contributed by atoms with van der Waals surface area (Å²) < 4.78 is 0. The molecule has 0 radical (unpaired) electrons. The Morgan fingerprint density at radius 2 is 2.00 bits per heavy atom. The molecule has 5 heteroatoms. The Kier molecular flexibility index (Phi) is 4.31. The fourth-order valence-corrected chi connectivity index (χ4v) is 1.84. The van der Waals surface area contributed by atoms with E-state index < -0.39 is 0 Å². The molecule has 0 aromatic heterocycles. The van der Waals surface area contributed by atoms with Crippen LogP contribution in [0, 0.1) is 0 Å². The minimum atomic E-state index is -0.0722. The molecule has 0 aliphatic carbocycles. The van der Waals surface area contributed by atoms with E-state index in [1.807, 2.05) is 6.92 Å². The first-order valence-electron chi connectivity index (χ1n) is 5.12. The molecule has 5 nitrogen and oxygen atoms in total. The summed E-state index contributed by atoms with van der Waals surface area (Å²) in [6.07, 6.45) is 0.812. The van der Waals surface area contributed by atoms with Gasteiger partial charge in [0, 0.05) is 26.2 Å². The molecule has 1 rings (SSSR count). The van der Waals surface area contributed by atoms with Crippen molar-refractivity contribution in [2.24, 2.45) is 5.84 Å². The molecule has 1 aliphatic rings. The highest BCUT2D eigenvalue weighted by molar-refractivity contribution is 5.81. The van der Waals surface area contributed by atoms with E-state index >= 15 is 0 Å². The molecular formula is C9H20N4O. The predicted molar refractivity (Wildman–Crippen MR) is 55.5 cm³/mol. The lowest BCUT2D eigenvalue weighted by atomic mass is 10.1. The van der Waals surface area contributed by atoms with Gasteiger partial charge in [-0.3, -0.25) is 15.1 Å². The number of rotatable bonds is 3. The van der Waals surface area contributed by atoms with Crippen molar-refractivity contribution in [3.8, 4) is 0 Å². The van der Waals surface area contributed by atoms with Crippen LogP contribution in [0.4, 0.5) is 0 Å². The average molecular weight is 200 g/mol. The molecule has 1 amide bonds. The number of hydrogen-bond acceptors (Lipinski definition) is 4. The topological polar surface area (TPSA) is 61.6 Å². The normalized spacial score (nSPS) is 21.9. The van der Waals surface area contributed by atoms with E-state index in [0.717, 1.165) is 32.6 Å². The van der Waals surface area contributed by atoms with Gasteiger partial charge in [0.1, 0.15) is 0 Å².